The number of halogens is 1. The van der Waals surface area contributed by atoms with E-state index in [-0.39, 0.29) is 0 Å². The molecule has 0 saturated heterocycles. The van der Waals surface area contributed by atoms with Gasteiger partial charge in [0.05, 0.1) is 5.02 Å². The number of hydrogen-bond acceptors (Lipinski definition) is 2. The van der Waals surface area contributed by atoms with E-state index in [0.29, 0.717) is 17.4 Å². The molecule has 0 aliphatic heterocycles. The molecule has 1 aromatic heterocycles. The summed E-state index contributed by atoms with van der Waals surface area (Å²) < 4.78 is 2.00. The summed E-state index contributed by atoms with van der Waals surface area (Å²) in [5.74, 6) is 1.63. The molecule has 0 saturated carbocycles. The maximum Gasteiger partial charge on any atom is 0.132 e. The number of aryl methyl sites for hydroxylation is 1. The first-order valence-corrected chi connectivity index (χ1v) is 6.77. The minimum Gasteiger partial charge on any atom is -0.383 e. The molecule has 2 aromatic rings. The summed E-state index contributed by atoms with van der Waals surface area (Å²) in [6.07, 6.45) is 3.74. The van der Waals surface area contributed by atoms with Crippen LogP contribution in [-0.4, -0.2) is 9.55 Å². The first-order valence-electron chi connectivity index (χ1n) is 6.39. The lowest BCUT2D eigenvalue weighted by atomic mass is 10.1. The lowest BCUT2D eigenvalue weighted by molar-refractivity contribution is 0.724. The molecule has 0 unspecified atom stereocenters. The van der Waals surface area contributed by atoms with Gasteiger partial charge in [0.25, 0.3) is 0 Å². The predicted molar refractivity (Wildman–Crippen MR) is 81.3 cm³/mol. The van der Waals surface area contributed by atoms with Gasteiger partial charge in [-0.15, -0.1) is 6.58 Å². The molecular weight excluding hydrogens is 258 g/mol. The third-order valence-electron chi connectivity index (χ3n) is 3.00. The summed E-state index contributed by atoms with van der Waals surface area (Å²) in [4.78, 5) is 4.65. The Morgan fingerprint density at radius 1 is 1.42 bits per heavy atom. The van der Waals surface area contributed by atoms with Crippen molar-refractivity contribution in [2.24, 2.45) is 0 Å². The Balaban J connectivity index is 2.55. The van der Waals surface area contributed by atoms with Gasteiger partial charge in [0.2, 0.25) is 0 Å². The van der Waals surface area contributed by atoms with Crippen LogP contribution in [0.2, 0.25) is 5.02 Å². The van der Waals surface area contributed by atoms with Crippen LogP contribution in [0.25, 0.3) is 11.3 Å². The average Bonchev–Trinajstić information content (AvgIpc) is 2.69. The van der Waals surface area contributed by atoms with Crippen LogP contribution in [0.3, 0.4) is 0 Å². The Bertz CT molecular complexity index is 587. The molecule has 0 spiro atoms. The molecule has 1 aromatic carbocycles. The van der Waals surface area contributed by atoms with Crippen molar-refractivity contribution in [2.75, 3.05) is 5.73 Å². The molecule has 0 bridgehead atoms. The van der Waals surface area contributed by atoms with Crippen molar-refractivity contribution in [3.63, 3.8) is 0 Å². The van der Waals surface area contributed by atoms with Gasteiger partial charge in [0, 0.05) is 18.5 Å². The van der Waals surface area contributed by atoms with Gasteiger partial charge >= 0.3 is 0 Å². The molecule has 1 heterocycles. The minimum atomic E-state index is 0.649. The van der Waals surface area contributed by atoms with E-state index in [4.69, 9.17) is 17.3 Å². The topological polar surface area (TPSA) is 43.8 Å². The number of nitrogens with two attached hydrogens (primary N) is 1. The minimum absolute atomic E-state index is 0.649. The molecule has 0 aliphatic carbocycles. The quantitative estimate of drug-likeness (QED) is 0.841. The van der Waals surface area contributed by atoms with Crippen LogP contribution >= 0.6 is 11.6 Å². The van der Waals surface area contributed by atoms with Crippen LogP contribution in [-0.2, 0) is 13.0 Å². The van der Waals surface area contributed by atoms with Crippen LogP contribution < -0.4 is 5.73 Å². The molecule has 2 N–H and O–H groups in total. The molecule has 0 aliphatic rings. The Morgan fingerprint density at radius 2 is 2.16 bits per heavy atom. The second-order valence-corrected chi connectivity index (χ2v) is 4.80. The highest BCUT2D eigenvalue weighted by atomic mass is 35.5. The zero-order valence-electron chi connectivity index (χ0n) is 11.1. The van der Waals surface area contributed by atoms with Crippen molar-refractivity contribution in [1.29, 1.82) is 0 Å². The smallest absolute Gasteiger partial charge is 0.132 e. The number of allylic oxidation sites excluding steroid dienone is 1. The van der Waals surface area contributed by atoms with Crippen molar-refractivity contribution in [3.8, 4) is 11.3 Å². The van der Waals surface area contributed by atoms with Gasteiger partial charge in [-0.25, -0.2) is 4.98 Å². The Labute approximate surface area is 118 Å². The summed E-state index contributed by atoms with van der Waals surface area (Å²) in [7, 11) is 0. The third kappa shape index (κ3) is 2.66. The van der Waals surface area contributed by atoms with E-state index < -0.39 is 0 Å². The van der Waals surface area contributed by atoms with Gasteiger partial charge in [-0.05, 0) is 12.5 Å². The summed E-state index contributed by atoms with van der Waals surface area (Å²) in [6.45, 7) is 6.56. The van der Waals surface area contributed by atoms with Gasteiger partial charge < -0.3 is 10.3 Å². The van der Waals surface area contributed by atoms with Crippen LogP contribution in [0.5, 0.6) is 0 Å². The van der Waals surface area contributed by atoms with Crippen molar-refractivity contribution in [2.45, 2.75) is 26.3 Å². The first-order chi connectivity index (χ1) is 9.19. The molecule has 0 radical (unpaired) electrons. The van der Waals surface area contributed by atoms with Crippen LogP contribution in [0.15, 0.2) is 36.9 Å². The summed E-state index contributed by atoms with van der Waals surface area (Å²) in [5.41, 5.74) is 7.85. The Kier molecular flexibility index (Phi) is 4.27. The standard InChI is InChI=1S/C15H18ClN3/c1-3-7-13-18-14(15(17)19(13)10-4-2)11-8-5-6-9-12(11)16/h4-6,8-9H,2-3,7,10,17H2,1H3. The second-order valence-electron chi connectivity index (χ2n) is 4.39. The number of aromatic nitrogens is 2. The molecule has 2 rings (SSSR count). The van der Waals surface area contributed by atoms with Crippen molar-refractivity contribution in [3.05, 3.63) is 47.8 Å². The van der Waals surface area contributed by atoms with E-state index >= 15 is 0 Å². The molecule has 100 valence electrons. The molecular formula is C15H18ClN3. The highest BCUT2D eigenvalue weighted by Crippen LogP contribution is 2.32. The lowest BCUT2D eigenvalue weighted by Crippen LogP contribution is -2.05. The number of benzene rings is 1. The number of rotatable bonds is 5. The molecule has 0 fully saturated rings. The fourth-order valence-electron chi connectivity index (χ4n) is 2.11. The highest BCUT2D eigenvalue weighted by Gasteiger charge is 2.16. The van der Waals surface area contributed by atoms with E-state index in [1.165, 1.54) is 0 Å². The third-order valence-corrected chi connectivity index (χ3v) is 3.33. The molecule has 4 heteroatoms. The SMILES string of the molecule is C=CCn1c(CCC)nc(-c2ccccc2Cl)c1N. The average molecular weight is 276 g/mol. The van der Waals surface area contributed by atoms with E-state index in [1.54, 1.807) is 0 Å². The molecule has 0 atom stereocenters. The summed E-state index contributed by atoms with van der Waals surface area (Å²) >= 11 is 6.22. The summed E-state index contributed by atoms with van der Waals surface area (Å²) in [5, 5.41) is 0.667. The van der Waals surface area contributed by atoms with E-state index in [0.717, 1.165) is 29.9 Å². The van der Waals surface area contributed by atoms with Crippen LogP contribution in [0, 0.1) is 0 Å². The molecule has 3 nitrogen and oxygen atoms in total. The fraction of sp³-hybridized carbons (Fsp3) is 0.267. The molecule has 19 heavy (non-hydrogen) atoms. The maximum absolute atomic E-state index is 6.22. The zero-order valence-corrected chi connectivity index (χ0v) is 11.8. The number of imidazole rings is 1. The van der Waals surface area contributed by atoms with Gasteiger partial charge in [0.15, 0.2) is 0 Å². The van der Waals surface area contributed by atoms with Gasteiger partial charge in [-0.1, -0.05) is 42.8 Å². The number of hydrogen-bond donors (Lipinski definition) is 1. The molecule has 0 amide bonds. The number of nitrogens with zero attached hydrogens (tertiary/aromatic N) is 2. The highest BCUT2D eigenvalue weighted by molar-refractivity contribution is 6.33. The largest absolute Gasteiger partial charge is 0.383 e. The van der Waals surface area contributed by atoms with E-state index in [1.807, 2.05) is 34.9 Å². The normalized spacial score (nSPS) is 10.6. The van der Waals surface area contributed by atoms with Crippen LogP contribution in [0.4, 0.5) is 5.82 Å². The van der Waals surface area contributed by atoms with E-state index in [9.17, 15) is 0 Å². The number of anilines is 1. The van der Waals surface area contributed by atoms with Crippen LogP contribution in [0.1, 0.15) is 19.2 Å². The summed E-state index contributed by atoms with van der Waals surface area (Å²) in [6, 6.07) is 7.62. The van der Waals surface area contributed by atoms with Gasteiger partial charge in [-0.2, -0.15) is 0 Å². The second kappa shape index (κ2) is 5.93. The maximum atomic E-state index is 6.22. The number of nitrogen functional groups attached to an aromatic ring is 1. The van der Waals surface area contributed by atoms with E-state index in [2.05, 4.69) is 18.5 Å². The lowest BCUT2D eigenvalue weighted by Gasteiger charge is -2.06. The van der Waals surface area contributed by atoms with Crippen molar-refractivity contribution in [1.82, 2.24) is 9.55 Å². The first kappa shape index (κ1) is 13.7. The fourth-order valence-corrected chi connectivity index (χ4v) is 2.34. The van der Waals surface area contributed by atoms with Crippen molar-refractivity contribution >= 4 is 17.4 Å². The van der Waals surface area contributed by atoms with Gasteiger partial charge in [-0.3, -0.25) is 0 Å². The zero-order chi connectivity index (χ0) is 13.8. The monoisotopic (exact) mass is 275 g/mol. The predicted octanol–water partition coefficient (Wildman–Crippen LogP) is 3.92. The Morgan fingerprint density at radius 3 is 2.79 bits per heavy atom. The Hall–Kier alpha value is -1.74. The van der Waals surface area contributed by atoms with Crippen molar-refractivity contribution < 1.29 is 0 Å². The van der Waals surface area contributed by atoms with Gasteiger partial charge in [0.1, 0.15) is 17.3 Å².